The van der Waals surface area contributed by atoms with Crippen LogP contribution < -0.4 is 9.62 Å². The van der Waals surface area contributed by atoms with E-state index in [1.165, 1.54) is 0 Å². The highest BCUT2D eigenvalue weighted by molar-refractivity contribution is 7.92. The molecule has 0 saturated heterocycles. The zero-order valence-corrected chi connectivity index (χ0v) is 16.2. The highest BCUT2D eigenvalue weighted by Crippen LogP contribution is 2.31. The quantitative estimate of drug-likeness (QED) is 0.868. The fraction of sp³-hybridized carbons (Fsp3) is 0.350. The number of rotatable bonds is 5. The summed E-state index contributed by atoms with van der Waals surface area (Å²) >= 11 is 0. The average molecular weight is 372 g/mol. The number of carbonyl (C=O) groups is 1. The molecule has 0 atom stereocenters. The Morgan fingerprint density at radius 3 is 2.54 bits per heavy atom. The maximum atomic E-state index is 12.7. The van der Waals surface area contributed by atoms with E-state index < -0.39 is 10.0 Å². The SMILES string of the molecule is CCCN1C(=O)CCc2cc(NS(=O)(=O)c3ccc(C)cc3C)ccc21. The summed E-state index contributed by atoms with van der Waals surface area (Å²) < 4.78 is 28.2. The molecule has 1 amide bonds. The number of nitrogens with one attached hydrogen (secondary N) is 1. The van der Waals surface area contributed by atoms with Gasteiger partial charge in [0.05, 0.1) is 4.90 Å². The molecule has 0 aromatic heterocycles. The van der Waals surface area contributed by atoms with Crippen LogP contribution in [0.1, 0.15) is 36.5 Å². The number of carbonyl (C=O) groups excluding carboxylic acids is 1. The van der Waals surface area contributed by atoms with Gasteiger partial charge in [0.15, 0.2) is 0 Å². The lowest BCUT2D eigenvalue weighted by atomic mass is 10.0. The molecule has 6 heteroatoms. The van der Waals surface area contributed by atoms with Crippen LogP contribution in [-0.4, -0.2) is 20.9 Å². The van der Waals surface area contributed by atoms with Crippen LogP contribution in [0, 0.1) is 13.8 Å². The summed E-state index contributed by atoms with van der Waals surface area (Å²) in [6, 6.07) is 10.7. The van der Waals surface area contributed by atoms with Gasteiger partial charge in [-0.15, -0.1) is 0 Å². The number of aryl methyl sites for hydroxylation is 3. The van der Waals surface area contributed by atoms with Gasteiger partial charge in [0.1, 0.15) is 0 Å². The number of anilines is 2. The van der Waals surface area contributed by atoms with Crippen LogP contribution in [0.4, 0.5) is 11.4 Å². The monoisotopic (exact) mass is 372 g/mol. The third-order valence-electron chi connectivity index (χ3n) is 4.60. The van der Waals surface area contributed by atoms with Crippen LogP contribution >= 0.6 is 0 Å². The third kappa shape index (κ3) is 3.60. The fourth-order valence-electron chi connectivity index (χ4n) is 3.40. The number of fused-ring (bicyclic) bond motifs is 1. The highest BCUT2D eigenvalue weighted by atomic mass is 32.2. The first-order valence-corrected chi connectivity index (χ1v) is 10.3. The predicted molar refractivity (Wildman–Crippen MR) is 104 cm³/mol. The summed E-state index contributed by atoms with van der Waals surface area (Å²) in [5.41, 5.74) is 4.15. The van der Waals surface area contributed by atoms with Gasteiger partial charge in [-0.1, -0.05) is 24.6 Å². The van der Waals surface area contributed by atoms with Crippen LogP contribution in [0.15, 0.2) is 41.3 Å². The van der Waals surface area contributed by atoms with Crippen molar-refractivity contribution in [1.29, 1.82) is 0 Å². The van der Waals surface area contributed by atoms with Crippen LogP contribution in [0.3, 0.4) is 0 Å². The Hall–Kier alpha value is -2.34. The van der Waals surface area contributed by atoms with Gasteiger partial charge in [0.25, 0.3) is 10.0 Å². The molecule has 0 spiro atoms. The van der Waals surface area contributed by atoms with Gasteiger partial charge < -0.3 is 4.90 Å². The maximum Gasteiger partial charge on any atom is 0.262 e. The molecule has 1 aliphatic rings. The second-order valence-electron chi connectivity index (χ2n) is 6.76. The zero-order chi connectivity index (χ0) is 18.9. The molecule has 0 saturated carbocycles. The standard InChI is InChI=1S/C20H24N2O3S/c1-4-11-22-18-8-7-17(13-16(18)6-10-20(22)23)21-26(24,25)19-9-5-14(2)12-15(19)3/h5,7-9,12-13,21H,4,6,10-11H2,1-3H3. The van der Waals surface area contributed by atoms with E-state index in [2.05, 4.69) is 4.72 Å². The van der Waals surface area contributed by atoms with Crippen LogP contribution in [0.2, 0.25) is 0 Å². The molecule has 26 heavy (non-hydrogen) atoms. The van der Waals surface area contributed by atoms with E-state index >= 15 is 0 Å². The molecule has 0 fully saturated rings. The summed E-state index contributed by atoms with van der Waals surface area (Å²) in [7, 11) is -3.65. The normalized spacial score (nSPS) is 14.3. The molecule has 0 bridgehead atoms. The van der Waals surface area contributed by atoms with E-state index in [0.29, 0.717) is 25.1 Å². The molecule has 0 aliphatic carbocycles. The molecule has 2 aromatic rings. The second-order valence-corrected chi connectivity index (χ2v) is 8.41. The molecule has 3 rings (SSSR count). The number of nitrogens with zero attached hydrogens (tertiary/aromatic N) is 1. The smallest absolute Gasteiger partial charge is 0.262 e. The molecule has 0 unspecified atom stereocenters. The highest BCUT2D eigenvalue weighted by Gasteiger charge is 2.24. The number of benzene rings is 2. The van der Waals surface area contributed by atoms with Crippen molar-refractivity contribution >= 4 is 27.3 Å². The van der Waals surface area contributed by atoms with Gasteiger partial charge in [-0.25, -0.2) is 8.42 Å². The van der Waals surface area contributed by atoms with E-state index in [9.17, 15) is 13.2 Å². The van der Waals surface area contributed by atoms with E-state index in [4.69, 9.17) is 0 Å². The predicted octanol–water partition coefficient (Wildman–Crippen LogP) is 3.79. The van der Waals surface area contributed by atoms with Crippen molar-refractivity contribution < 1.29 is 13.2 Å². The van der Waals surface area contributed by atoms with Gasteiger partial charge in [-0.3, -0.25) is 9.52 Å². The Morgan fingerprint density at radius 2 is 1.85 bits per heavy atom. The molecule has 1 heterocycles. The van der Waals surface area contributed by atoms with Gasteiger partial charge in [0.2, 0.25) is 5.91 Å². The number of hydrogen-bond donors (Lipinski definition) is 1. The Kier molecular flexibility index (Phi) is 5.05. The lowest BCUT2D eigenvalue weighted by molar-refractivity contribution is -0.118. The lowest BCUT2D eigenvalue weighted by Gasteiger charge is -2.29. The van der Waals surface area contributed by atoms with Gasteiger partial charge in [-0.2, -0.15) is 0 Å². The molecule has 5 nitrogen and oxygen atoms in total. The molecule has 1 aliphatic heterocycles. The van der Waals surface area contributed by atoms with Crippen LogP contribution in [-0.2, 0) is 21.2 Å². The largest absolute Gasteiger partial charge is 0.312 e. The Balaban J connectivity index is 1.90. The van der Waals surface area contributed by atoms with E-state index in [0.717, 1.165) is 28.8 Å². The summed E-state index contributed by atoms with van der Waals surface area (Å²) in [5.74, 6) is 0.128. The lowest BCUT2D eigenvalue weighted by Crippen LogP contribution is -2.35. The van der Waals surface area contributed by atoms with Crippen LogP contribution in [0.5, 0.6) is 0 Å². The number of sulfonamides is 1. The van der Waals surface area contributed by atoms with E-state index in [1.807, 2.05) is 32.0 Å². The minimum Gasteiger partial charge on any atom is -0.312 e. The van der Waals surface area contributed by atoms with Crippen molar-refractivity contribution in [2.24, 2.45) is 0 Å². The second kappa shape index (κ2) is 7.11. The Bertz CT molecular complexity index is 952. The average Bonchev–Trinajstić information content (AvgIpc) is 2.57. The summed E-state index contributed by atoms with van der Waals surface area (Å²) in [5, 5.41) is 0. The van der Waals surface area contributed by atoms with E-state index in [-0.39, 0.29) is 10.8 Å². The number of hydrogen-bond acceptors (Lipinski definition) is 3. The first-order valence-electron chi connectivity index (χ1n) is 8.85. The minimum atomic E-state index is -3.65. The topological polar surface area (TPSA) is 66.5 Å². The maximum absolute atomic E-state index is 12.7. The van der Waals surface area contributed by atoms with Crippen molar-refractivity contribution in [3.63, 3.8) is 0 Å². The van der Waals surface area contributed by atoms with Crippen molar-refractivity contribution in [2.45, 2.75) is 44.9 Å². The van der Waals surface area contributed by atoms with Crippen molar-refractivity contribution in [3.8, 4) is 0 Å². The molecular formula is C20H24N2O3S. The van der Waals surface area contributed by atoms with Gasteiger partial charge >= 0.3 is 0 Å². The first kappa shape index (κ1) is 18.5. The van der Waals surface area contributed by atoms with E-state index in [1.54, 1.807) is 30.0 Å². The minimum absolute atomic E-state index is 0.128. The first-order chi connectivity index (χ1) is 12.3. The Labute approximate surface area is 155 Å². The van der Waals surface area contributed by atoms with Crippen molar-refractivity contribution in [3.05, 3.63) is 53.1 Å². The van der Waals surface area contributed by atoms with Crippen LogP contribution in [0.25, 0.3) is 0 Å². The molecule has 1 N–H and O–H groups in total. The van der Waals surface area contributed by atoms with Gasteiger partial charge in [-0.05, 0) is 62.1 Å². The summed E-state index contributed by atoms with van der Waals surface area (Å²) in [6.45, 7) is 6.44. The summed E-state index contributed by atoms with van der Waals surface area (Å²) in [4.78, 5) is 14.2. The zero-order valence-electron chi connectivity index (χ0n) is 15.4. The number of amides is 1. The molecule has 2 aromatic carbocycles. The molecule has 0 radical (unpaired) electrons. The summed E-state index contributed by atoms with van der Waals surface area (Å²) in [6.07, 6.45) is 1.97. The van der Waals surface area contributed by atoms with Crippen molar-refractivity contribution in [1.82, 2.24) is 0 Å². The van der Waals surface area contributed by atoms with Crippen molar-refractivity contribution in [2.75, 3.05) is 16.2 Å². The molecule has 138 valence electrons. The fourth-order valence-corrected chi connectivity index (χ4v) is 4.68. The van der Waals surface area contributed by atoms with Gasteiger partial charge in [0, 0.05) is 24.3 Å². The molecular weight excluding hydrogens is 348 g/mol. The Morgan fingerprint density at radius 1 is 1.08 bits per heavy atom. The third-order valence-corrected chi connectivity index (χ3v) is 6.14.